The molecule has 0 unspecified atom stereocenters. The Kier molecular flexibility index (Phi) is 4.10. The highest BCUT2D eigenvalue weighted by Crippen LogP contribution is 2.26. The van der Waals surface area contributed by atoms with E-state index >= 15 is 0 Å². The van der Waals surface area contributed by atoms with Crippen molar-refractivity contribution in [2.75, 3.05) is 14.2 Å². The molecule has 2 aromatic carbocycles. The minimum atomic E-state index is -0.406. The first-order valence-electron chi connectivity index (χ1n) is 7.01. The van der Waals surface area contributed by atoms with Gasteiger partial charge >= 0.3 is 5.63 Å². The Labute approximate surface area is 132 Å². The second kappa shape index (κ2) is 6.36. The molecule has 23 heavy (non-hydrogen) atoms. The molecule has 0 aliphatic rings. The summed E-state index contributed by atoms with van der Waals surface area (Å²) in [6.45, 7) is 0. The monoisotopic (exact) mass is 309 g/mol. The number of nitrogens with zero attached hydrogens (tertiary/aromatic N) is 1. The molecule has 3 rings (SSSR count). The predicted octanol–water partition coefficient (Wildman–Crippen LogP) is 3.38. The van der Waals surface area contributed by atoms with E-state index in [4.69, 9.17) is 13.9 Å². The summed E-state index contributed by atoms with van der Waals surface area (Å²) in [5.74, 6) is 1.60. The molecule has 0 radical (unpaired) electrons. The van der Waals surface area contributed by atoms with E-state index in [1.54, 1.807) is 50.6 Å². The molecular formula is C18H15NO4. The van der Waals surface area contributed by atoms with E-state index in [1.165, 1.54) is 0 Å². The number of ether oxygens (including phenoxy) is 2. The summed E-state index contributed by atoms with van der Waals surface area (Å²) >= 11 is 0. The first-order chi connectivity index (χ1) is 11.2. The van der Waals surface area contributed by atoms with Crippen molar-refractivity contribution >= 4 is 23.1 Å². The van der Waals surface area contributed by atoms with Crippen LogP contribution in [0.25, 0.3) is 23.1 Å². The molecule has 0 saturated carbocycles. The molecule has 0 spiro atoms. The molecule has 0 aliphatic heterocycles. The van der Waals surface area contributed by atoms with Crippen LogP contribution in [0.2, 0.25) is 0 Å². The van der Waals surface area contributed by atoms with E-state index in [0.29, 0.717) is 22.4 Å². The first kappa shape index (κ1) is 14.8. The zero-order valence-corrected chi connectivity index (χ0v) is 12.8. The summed E-state index contributed by atoms with van der Waals surface area (Å²) in [5.41, 5.74) is 1.02. The number of hydrogen-bond acceptors (Lipinski definition) is 5. The smallest absolute Gasteiger partial charge is 0.347 e. The lowest BCUT2D eigenvalue weighted by atomic mass is 10.1. The van der Waals surface area contributed by atoms with Crippen LogP contribution in [0.15, 0.2) is 51.7 Å². The predicted molar refractivity (Wildman–Crippen MR) is 88.8 cm³/mol. The summed E-state index contributed by atoms with van der Waals surface area (Å²) in [6, 6.07) is 12.5. The standard InChI is InChI=1S/C18H15NO4/c1-21-13-9-7-12(16(11-13)22-2)8-10-17-19-15-6-4-3-5-14(15)18(20)23-17/h3-11H,1-2H3. The van der Waals surface area contributed by atoms with Crippen LogP contribution in [0.1, 0.15) is 11.5 Å². The Morgan fingerprint density at radius 1 is 1.04 bits per heavy atom. The second-order valence-electron chi connectivity index (χ2n) is 4.80. The van der Waals surface area contributed by atoms with Gasteiger partial charge in [0.2, 0.25) is 5.89 Å². The van der Waals surface area contributed by atoms with Crippen LogP contribution in [0, 0.1) is 0 Å². The molecule has 116 valence electrons. The van der Waals surface area contributed by atoms with Crippen molar-refractivity contribution in [1.82, 2.24) is 4.98 Å². The van der Waals surface area contributed by atoms with Crippen LogP contribution >= 0.6 is 0 Å². The average Bonchev–Trinajstić information content (AvgIpc) is 2.60. The highest BCUT2D eigenvalue weighted by Gasteiger charge is 2.05. The lowest BCUT2D eigenvalue weighted by Crippen LogP contribution is -2.02. The molecule has 0 saturated heterocycles. The van der Waals surface area contributed by atoms with E-state index in [-0.39, 0.29) is 5.89 Å². The normalized spacial score (nSPS) is 11.0. The number of hydrogen-bond donors (Lipinski definition) is 0. The zero-order chi connectivity index (χ0) is 16.2. The fraction of sp³-hybridized carbons (Fsp3) is 0.111. The molecule has 0 aliphatic carbocycles. The lowest BCUT2D eigenvalue weighted by molar-refractivity contribution is 0.394. The Bertz CT molecular complexity index is 928. The minimum Gasteiger partial charge on any atom is -0.497 e. The van der Waals surface area contributed by atoms with E-state index in [0.717, 1.165) is 5.56 Å². The third-order valence-corrected chi connectivity index (χ3v) is 3.40. The topological polar surface area (TPSA) is 61.6 Å². The van der Waals surface area contributed by atoms with Crippen molar-refractivity contribution in [3.8, 4) is 11.5 Å². The number of rotatable bonds is 4. The van der Waals surface area contributed by atoms with Crippen LogP contribution in [0.5, 0.6) is 11.5 Å². The number of fused-ring (bicyclic) bond motifs is 1. The molecule has 0 bridgehead atoms. The largest absolute Gasteiger partial charge is 0.497 e. The van der Waals surface area contributed by atoms with E-state index < -0.39 is 5.63 Å². The van der Waals surface area contributed by atoms with Crippen LogP contribution in [0.4, 0.5) is 0 Å². The molecule has 0 atom stereocenters. The summed E-state index contributed by atoms with van der Waals surface area (Å²) in [6.07, 6.45) is 3.41. The SMILES string of the molecule is COc1ccc(C=Cc2nc3ccccc3c(=O)o2)c(OC)c1. The molecule has 1 aromatic heterocycles. The van der Waals surface area contributed by atoms with E-state index in [2.05, 4.69) is 4.98 Å². The third kappa shape index (κ3) is 3.08. The van der Waals surface area contributed by atoms with E-state index in [9.17, 15) is 4.79 Å². The zero-order valence-electron chi connectivity index (χ0n) is 12.8. The van der Waals surface area contributed by atoms with Crippen molar-refractivity contribution in [2.45, 2.75) is 0 Å². The van der Waals surface area contributed by atoms with Crippen molar-refractivity contribution in [3.63, 3.8) is 0 Å². The second-order valence-corrected chi connectivity index (χ2v) is 4.80. The van der Waals surface area contributed by atoms with Gasteiger partial charge in [0.15, 0.2) is 0 Å². The maximum atomic E-state index is 11.9. The number of para-hydroxylation sites is 1. The van der Waals surface area contributed by atoms with Gasteiger partial charge in [-0.25, -0.2) is 9.78 Å². The van der Waals surface area contributed by atoms with Gasteiger partial charge in [0.25, 0.3) is 0 Å². The van der Waals surface area contributed by atoms with Crippen LogP contribution in [0.3, 0.4) is 0 Å². The van der Waals surface area contributed by atoms with Gasteiger partial charge in [0.05, 0.1) is 25.1 Å². The van der Waals surface area contributed by atoms with Gasteiger partial charge in [-0.05, 0) is 30.3 Å². The lowest BCUT2D eigenvalue weighted by Gasteiger charge is -2.07. The average molecular weight is 309 g/mol. The van der Waals surface area contributed by atoms with Crippen molar-refractivity contribution in [3.05, 3.63) is 64.3 Å². The van der Waals surface area contributed by atoms with Gasteiger partial charge in [0.1, 0.15) is 11.5 Å². The summed E-state index contributed by atoms with van der Waals surface area (Å²) in [4.78, 5) is 16.3. The molecule has 0 amide bonds. The minimum absolute atomic E-state index is 0.242. The number of methoxy groups -OCH3 is 2. The molecule has 5 nitrogen and oxygen atoms in total. The van der Waals surface area contributed by atoms with Crippen molar-refractivity contribution in [1.29, 1.82) is 0 Å². The maximum absolute atomic E-state index is 11.9. The fourth-order valence-corrected chi connectivity index (χ4v) is 2.22. The van der Waals surface area contributed by atoms with Gasteiger partial charge in [-0.3, -0.25) is 0 Å². The molecule has 1 heterocycles. The number of benzene rings is 2. The number of aromatic nitrogens is 1. The van der Waals surface area contributed by atoms with Crippen LogP contribution in [-0.4, -0.2) is 19.2 Å². The fourth-order valence-electron chi connectivity index (χ4n) is 2.22. The quantitative estimate of drug-likeness (QED) is 0.739. The summed E-state index contributed by atoms with van der Waals surface area (Å²) in [5, 5.41) is 0.465. The van der Waals surface area contributed by atoms with Crippen LogP contribution < -0.4 is 15.1 Å². The van der Waals surface area contributed by atoms with Gasteiger partial charge in [0, 0.05) is 17.7 Å². The molecule has 0 fully saturated rings. The molecule has 5 heteroatoms. The van der Waals surface area contributed by atoms with Crippen molar-refractivity contribution < 1.29 is 13.9 Å². The molecule has 3 aromatic rings. The molecular weight excluding hydrogens is 294 g/mol. The summed E-state index contributed by atoms with van der Waals surface area (Å²) < 4.78 is 15.7. The van der Waals surface area contributed by atoms with Gasteiger partial charge < -0.3 is 13.9 Å². The van der Waals surface area contributed by atoms with Crippen molar-refractivity contribution in [2.24, 2.45) is 0 Å². The Morgan fingerprint density at radius 3 is 2.65 bits per heavy atom. The van der Waals surface area contributed by atoms with Gasteiger partial charge in [-0.1, -0.05) is 12.1 Å². The Hall–Kier alpha value is -3.08. The highest BCUT2D eigenvalue weighted by molar-refractivity contribution is 5.78. The van der Waals surface area contributed by atoms with Crippen LogP contribution in [-0.2, 0) is 0 Å². The highest BCUT2D eigenvalue weighted by atomic mass is 16.5. The van der Waals surface area contributed by atoms with Gasteiger partial charge in [-0.2, -0.15) is 0 Å². The third-order valence-electron chi connectivity index (χ3n) is 3.40. The molecule has 0 N–H and O–H groups in total. The van der Waals surface area contributed by atoms with Gasteiger partial charge in [-0.15, -0.1) is 0 Å². The Balaban J connectivity index is 1.98. The first-order valence-corrected chi connectivity index (χ1v) is 7.01. The maximum Gasteiger partial charge on any atom is 0.347 e. The Morgan fingerprint density at radius 2 is 1.87 bits per heavy atom. The summed E-state index contributed by atoms with van der Waals surface area (Å²) in [7, 11) is 3.18. The van der Waals surface area contributed by atoms with E-state index in [1.807, 2.05) is 18.2 Å².